The molecule has 0 aliphatic heterocycles. The van der Waals surface area contributed by atoms with Crippen LogP contribution in [0.25, 0.3) is 0 Å². The molecule has 4 heteroatoms. The molecule has 0 radical (unpaired) electrons. The molecule has 0 aromatic heterocycles. The summed E-state index contributed by atoms with van der Waals surface area (Å²) in [6.45, 7) is 6.41. The lowest BCUT2D eigenvalue weighted by Gasteiger charge is -2.04. The molecule has 1 atom stereocenters. The van der Waals surface area contributed by atoms with E-state index in [0.29, 0.717) is 0 Å². The van der Waals surface area contributed by atoms with Gasteiger partial charge in [0.2, 0.25) is 0 Å². The van der Waals surface area contributed by atoms with Crippen molar-refractivity contribution in [1.29, 1.82) is 0 Å². The number of carbonyl (C=O) groups is 1. The van der Waals surface area contributed by atoms with Gasteiger partial charge in [0.15, 0.2) is 0 Å². The second-order valence-electron chi connectivity index (χ2n) is 1.95. The SMILES string of the molecule is C=C(C)C(=O)OOC(C)N. The predicted molar refractivity (Wildman–Crippen MR) is 35.6 cm³/mol. The number of rotatable bonds is 3. The molecule has 0 bridgehead atoms. The summed E-state index contributed by atoms with van der Waals surface area (Å²) in [5.41, 5.74) is 5.39. The number of nitrogens with two attached hydrogens (primary N) is 1. The number of carbonyl (C=O) groups excluding carboxylic acids is 1. The van der Waals surface area contributed by atoms with Crippen molar-refractivity contribution in [1.82, 2.24) is 0 Å². The Morgan fingerprint density at radius 2 is 2.20 bits per heavy atom. The summed E-state index contributed by atoms with van der Waals surface area (Å²) >= 11 is 0. The van der Waals surface area contributed by atoms with Crippen LogP contribution in [0, 0.1) is 0 Å². The van der Waals surface area contributed by atoms with Gasteiger partial charge in [0, 0.05) is 5.57 Å². The molecular formula is C6H11NO3. The summed E-state index contributed by atoms with van der Waals surface area (Å²) in [5.74, 6) is -0.600. The third kappa shape index (κ3) is 4.05. The van der Waals surface area contributed by atoms with Gasteiger partial charge in [-0.25, -0.2) is 4.79 Å². The van der Waals surface area contributed by atoms with E-state index in [1.54, 1.807) is 6.92 Å². The van der Waals surface area contributed by atoms with E-state index in [0.717, 1.165) is 0 Å². The molecule has 0 rings (SSSR count). The van der Waals surface area contributed by atoms with Crippen LogP contribution in [0.15, 0.2) is 12.2 Å². The van der Waals surface area contributed by atoms with Crippen LogP contribution in [0.3, 0.4) is 0 Å². The highest BCUT2D eigenvalue weighted by molar-refractivity contribution is 5.86. The maximum atomic E-state index is 10.5. The molecule has 0 aromatic rings. The third-order valence-electron chi connectivity index (χ3n) is 0.624. The van der Waals surface area contributed by atoms with Crippen molar-refractivity contribution in [3.63, 3.8) is 0 Å². The number of hydrogen-bond donors (Lipinski definition) is 1. The summed E-state index contributed by atoms with van der Waals surface area (Å²) in [5, 5.41) is 0. The van der Waals surface area contributed by atoms with Crippen molar-refractivity contribution >= 4 is 5.97 Å². The van der Waals surface area contributed by atoms with Gasteiger partial charge in [-0.3, -0.25) is 4.89 Å². The molecule has 0 spiro atoms. The fourth-order valence-electron chi connectivity index (χ4n) is 0.191. The fourth-order valence-corrected chi connectivity index (χ4v) is 0.191. The van der Waals surface area contributed by atoms with Gasteiger partial charge in [-0.1, -0.05) is 6.58 Å². The molecule has 0 aliphatic rings. The first-order valence-corrected chi connectivity index (χ1v) is 2.82. The van der Waals surface area contributed by atoms with Crippen molar-refractivity contribution in [3.8, 4) is 0 Å². The standard InChI is InChI=1S/C6H11NO3/c1-4(2)6(8)10-9-5(3)7/h5H,1,7H2,2-3H3. The molecule has 0 fully saturated rings. The summed E-state index contributed by atoms with van der Waals surface area (Å²) in [6.07, 6.45) is -0.608. The van der Waals surface area contributed by atoms with Crippen LogP contribution in [0.2, 0.25) is 0 Å². The topological polar surface area (TPSA) is 61.5 Å². The minimum Gasteiger partial charge on any atom is -0.303 e. The lowest BCUT2D eigenvalue weighted by atomic mass is 10.4. The number of hydrogen-bond acceptors (Lipinski definition) is 4. The van der Waals surface area contributed by atoms with Crippen molar-refractivity contribution in [2.45, 2.75) is 20.1 Å². The molecule has 10 heavy (non-hydrogen) atoms. The molecule has 0 amide bonds. The Bertz CT molecular complexity index is 142. The highest BCUT2D eigenvalue weighted by atomic mass is 17.2. The molecule has 0 aromatic carbocycles. The summed E-state index contributed by atoms with van der Waals surface area (Å²) in [4.78, 5) is 19.1. The Morgan fingerprint density at radius 3 is 2.50 bits per heavy atom. The molecule has 2 N–H and O–H groups in total. The smallest absolute Gasteiger partial charge is 0.303 e. The highest BCUT2D eigenvalue weighted by Gasteiger charge is 2.04. The average Bonchev–Trinajstić information content (AvgIpc) is 1.82. The van der Waals surface area contributed by atoms with Gasteiger partial charge < -0.3 is 5.73 Å². The summed E-state index contributed by atoms with van der Waals surface area (Å²) in [6, 6.07) is 0. The van der Waals surface area contributed by atoms with Crippen LogP contribution >= 0.6 is 0 Å². The Morgan fingerprint density at radius 1 is 1.70 bits per heavy atom. The highest BCUT2D eigenvalue weighted by Crippen LogP contribution is 1.93. The quantitative estimate of drug-likeness (QED) is 0.269. The molecule has 0 heterocycles. The van der Waals surface area contributed by atoms with Crippen LogP contribution in [-0.2, 0) is 14.6 Å². The first-order valence-electron chi connectivity index (χ1n) is 2.82. The predicted octanol–water partition coefficient (Wildman–Crippen LogP) is 0.342. The van der Waals surface area contributed by atoms with E-state index in [-0.39, 0.29) is 5.57 Å². The molecular weight excluding hydrogens is 134 g/mol. The van der Waals surface area contributed by atoms with E-state index in [4.69, 9.17) is 5.73 Å². The van der Waals surface area contributed by atoms with Crippen molar-refractivity contribution in [3.05, 3.63) is 12.2 Å². The maximum absolute atomic E-state index is 10.5. The second-order valence-corrected chi connectivity index (χ2v) is 1.95. The lowest BCUT2D eigenvalue weighted by Crippen LogP contribution is -2.21. The fraction of sp³-hybridized carbons (Fsp3) is 0.500. The largest absolute Gasteiger partial charge is 0.368 e. The summed E-state index contributed by atoms with van der Waals surface area (Å²) in [7, 11) is 0. The zero-order chi connectivity index (χ0) is 8.15. The molecule has 0 saturated carbocycles. The molecule has 58 valence electrons. The third-order valence-corrected chi connectivity index (χ3v) is 0.624. The minimum absolute atomic E-state index is 0.278. The Kier molecular flexibility index (Phi) is 3.68. The second kappa shape index (κ2) is 4.03. The monoisotopic (exact) mass is 145 g/mol. The first-order chi connectivity index (χ1) is 4.54. The van der Waals surface area contributed by atoms with E-state index in [9.17, 15) is 4.79 Å². The van der Waals surface area contributed by atoms with Crippen LogP contribution in [0.5, 0.6) is 0 Å². The van der Waals surface area contributed by atoms with Crippen LogP contribution in [0.4, 0.5) is 0 Å². The van der Waals surface area contributed by atoms with Crippen molar-refractivity contribution < 1.29 is 14.6 Å². The van der Waals surface area contributed by atoms with Gasteiger partial charge in [0.1, 0.15) is 6.23 Å². The maximum Gasteiger partial charge on any atom is 0.368 e. The van der Waals surface area contributed by atoms with Gasteiger partial charge in [-0.05, 0) is 13.8 Å². The van der Waals surface area contributed by atoms with E-state index in [2.05, 4.69) is 16.4 Å². The zero-order valence-corrected chi connectivity index (χ0v) is 6.09. The van der Waals surface area contributed by atoms with E-state index >= 15 is 0 Å². The first kappa shape index (κ1) is 9.13. The van der Waals surface area contributed by atoms with Crippen LogP contribution in [-0.4, -0.2) is 12.2 Å². The average molecular weight is 145 g/mol. The normalized spacial score (nSPS) is 12.3. The summed E-state index contributed by atoms with van der Waals surface area (Å²) < 4.78 is 0. The van der Waals surface area contributed by atoms with Crippen LogP contribution in [0.1, 0.15) is 13.8 Å². The Balaban J connectivity index is 3.50. The van der Waals surface area contributed by atoms with Gasteiger partial charge in [0.25, 0.3) is 0 Å². The lowest BCUT2D eigenvalue weighted by molar-refractivity contribution is -0.290. The molecule has 4 nitrogen and oxygen atoms in total. The van der Waals surface area contributed by atoms with Crippen LogP contribution < -0.4 is 5.73 Å². The molecule has 0 saturated heterocycles. The minimum atomic E-state index is -0.608. The van der Waals surface area contributed by atoms with Crippen molar-refractivity contribution in [2.75, 3.05) is 0 Å². The van der Waals surface area contributed by atoms with Gasteiger partial charge >= 0.3 is 5.97 Å². The van der Waals surface area contributed by atoms with Gasteiger partial charge in [0.05, 0.1) is 0 Å². The Labute approximate surface area is 59.5 Å². The Hall–Kier alpha value is -0.870. The van der Waals surface area contributed by atoms with Gasteiger partial charge in [-0.15, -0.1) is 0 Å². The van der Waals surface area contributed by atoms with E-state index in [1.807, 2.05) is 0 Å². The van der Waals surface area contributed by atoms with E-state index in [1.165, 1.54) is 6.92 Å². The molecule has 1 unspecified atom stereocenters. The zero-order valence-electron chi connectivity index (χ0n) is 6.09. The molecule has 0 aliphatic carbocycles. The van der Waals surface area contributed by atoms with Crippen molar-refractivity contribution in [2.24, 2.45) is 5.73 Å². The van der Waals surface area contributed by atoms with Gasteiger partial charge in [-0.2, -0.15) is 4.89 Å². The van der Waals surface area contributed by atoms with E-state index < -0.39 is 12.2 Å².